The average Bonchev–Trinajstić information content (AvgIpc) is 3.19. The molecule has 0 saturated carbocycles. The van der Waals surface area contributed by atoms with E-state index in [1.807, 2.05) is 17.0 Å². The molecule has 0 atom stereocenters. The Morgan fingerprint density at radius 3 is 2.61 bits per heavy atom. The number of rotatable bonds is 11. The summed E-state index contributed by atoms with van der Waals surface area (Å²) in [7, 11) is 1.48. The number of carbonyl (C=O) groups is 1. The molecule has 4 N–H and O–H groups in total. The number of benzene rings is 1. The first-order valence-electron chi connectivity index (χ1n) is 10.6. The summed E-state index contributed by atoms with van der Waals surface area (Å²) >= 11 is 0. The molecular formula is C23H28N6O4. The van der Waals surface area contributed by atoms with Crippen molar-refractivity contribution in [3.63, 3.8) is 0 Å². The van der Waals surface area contributed by atoms with Crippen LogP contribution in [-0.4, -0.2) is 40.6 Å². The smallest absolute Gasteiger partial charge is 0.311 e. The summed E-state index contributed by atoms with van der Waals surface area (Å²) in [4.78, 5) is 26.4. The Kier molecular flexibility index (Phi) is 7.98. The molecule has 2 heterocycles. The largest absolute Gasteiger partial charge is 0.378 e. The maximum Gasteiger partial charge on any atom is 0.311 e. The van der Waals surface area contributed by atoms with Crippen molar-refractivity contribution in [2.75, 3.05) is 36.6 Å². The molecule has 0 fully saturated rings. The van der Waals surface area contributed by atoms with E-state index in [2.05, 4.69) is 46.8 Å². The Balaban J connectivity index is 1.67. The number of amides is 1. The van der Waals surface area contributed by atoms with Crippen molar-refractivity contribution < 1.29 is 14.5 Å². The van der Waals surface area contributed by atoms with Crippen molar-refractivity contribution in [1.82, 2.24) is 9.55 Å². The number of aromatic nitrogens is 2. The Morgan fingerprint density at radius 2 is 1.97 bits per heavy atom. The third-order valence-electron chi connectivity index (χ3n) is 5.10. The third kappa shape index (κ3) is 6.30. The van der Waals surface area contributed by atoms with E-state index in [-0.39, 0.29) is 24.0 Å². The molecule has 1 amide bonds. The summed E-state index contributed by atoms with van der Waals surface area (Å²) in [6, 6.07) is 11.1. The number of anilines is 3. The molecule has 0 aliphatic rings. The minimum Gasteiger partial charge on any atom is -0.378 e. The van der Waals surface area contributed by atoms with Gasteiger partial charge in [0, 0.05) is 44.2 Å². The molecular weight excluding hydrogens is 424 g/mol. The van der Waals surface area contributed by atoms with Gasteiger partial charge in [-0.05, 0) is 30.0 Å². The summed E-state index contributed by atoms with van der Waals surface area (Å²) in [6.45, 7) is 3.37. The molecule has 0 aliphatic heterocycles. The Labute approximate surface area is 191 Å². The molecule has 0 aliphatic carbocycles. The Bertz CT molecular complexity index is 1110. The number of hydrogen-bond donors (Lipinski definition) is 3. The highest BCUT2D eigenvalue weighted by Gasteiger charge is 2.14. The van der Waals surface area contributed by atoms with Gasteiger partial charge in [-0.2, -0.15) is 0 Å². The van der Waals surface area contributed by atoms with Crippen LogP contribution >= 0.6 is 0 Å². The number of nitro groups is 1. The van der Waals surface area contributed by atoms with Crippen LogP contribution in [0.3, 0.4) is 0 Å². The van der Waals surface area contributed by atoms with Crippen LogP contribution in [0.2, 0.25) is 0 Å². The molecule has 174 valence electrons. The van der Waals surface area contributed by atoms with Crippen molar-refractivity contribution in [3.8, 4) is 11.1 Å². The molecule has 3 aromatic rings. The van der Waals surface area contributed by atoms with E-state index < -0.39 is 4.92 Å². The first-order valence-corrected chi connectivity index (χ1v) is 10.6. The third-order valence-corrected chi connectivity index (χ3v) is 5.10. The van der Waals surface area contributed by atoms with Crippen molar-refractivity contribution in [3.05, 3.63) is 64.5 Å². The van der Waals surface area contributed by atoms with Crippen molar-refractivity contribution in [2.24, 2.45) is 0 Å². The Hall–Kier alpha value is -3.92. The predicted molar refractivity (Wildman–Crippen MR) is 128 cm³/mol. The lowest BCUT2D eigenvalue weighted by Gasteiger charge is -2.07. The van der Waals surface area contributed by atoms with Crippen molar-refractivity contribution >= 4 is 28.9 Å². The fourth-order valence-corrected chi connectivity index (χ4v) is 3.40. The number of aryl methyl sites for hydroxylation is 2. The molecule has 1 aromatic carbocycles. The van der Waals surface area contributed by atoms with Gasteiger partial charge in [0.05, 0.1) is 10.6 Å². The number of nitrogen functional groups attached to an aromatic ring is 1. The molecule has 33 heavy (non-hydrogen) atoms. The molecule has 2 aromatic heterocycles. The minimum absolute atomic E-state index is 0.0192. The number of nitrogens with zero attached hydrogens (tertiary/aromatic N) is 3. The fraction of sp³-hybridized carbons (Fsp3) is 0.304. The van der Waals surface area contributed by atoms with Crippen LogP contribution in [0.25, 0.3) is 11.1 Å². The highest BCUT2D eigenvalue weighted by Crippen LogP contribution is 2.30. The number of pyridine rings is 1. The van der Waals surface area contributed by atoms with Crippen molar-refractivity contribution in [2.45, 2.75) is 26.3 Å². The molecule has 10 heteroatoms. The number of ether oxygens (including phenoxy) is 1. The van der Waals surface area contributed by atoms with E-state index in [9.17, 15) is 14.9 Å². The van der Waals surface area contributed by atoms with Crippen LogP contribution in [-0.2, 0) is 22.5 Å². The van der Waals surface area contributed by atoms with E-state index in [0.29, 0.717) is 18.9 Å². The summed E-state index contributed by atoms with van der Waals surface area (Å²) < 4.78 is 6.95. The van der Waals surface area contributed by atoms with Crippen LogP contribution in [0.5, 0.6) is 0 Å². The lowest BCUT2D eigenvalue weighted by atomic mass is 10.0. The average molecular weight is 453 g/mol. The van der Waals surface area contributed by atoms with Gasteiger partial charge < -0.3 is 25.7 Å². The lowest BCUT2D eigenvalue weighted by Crippen LogP contribution is -2.17. The second kappa shape index (κ2) is 11.1. The summed E-state index contributed by atoms with van der Waals surface area (Å²) in [5, 5.41) is 16.9. The van der Waals surface area contributed by atoms with E-state index in [1.165, 1.54) is 24.8 Å². The number of hydrogen-bond acceptors (Lipinski definition) is 7. The lowest BCUT2D eigenvalue weighted by molar-refractivity contribution is -0.384. The van der Waals surface area contributed by atoms with Gasteiger partial charge in [-0.3, -0.25) is 14.9 Å². The minimum atomic E-state index is -0.561. The zero-order valence-electron chi connectivity index (χ0n) is 18.7. The monoisotopic (exact) mass is 452 g/mol. The molecule has 0 bridgehead atoms. The zero-order valence-corrected chi connectivity index (χ0v) is 18.7. The standard InChI is InChI=1S/C23H28N6O4/c1-3-16-5-7-17(8-6-16)18-13-28(14-19(18)26-22(30)15-33-2)12-4-11-25-21-10-9-20(29(31)32)23(24)27-21/h5-10,13-14H,3-4,11-12,15H2,1-2H3,(H,26,30)(H3,24,25,27). The number of methoxy groups -OCH3 is 1. The molecule has 0 saturated heterocycles. The maximum atomic E-state index is 12.1. The van der Waals surface area contributed by atoms with Gasteiger partial charge in [0.15, 0.2) is 0 Å². The van der Waals surface area contributed by atoms with Gasteiger partial charge in [0.2, 0.25) is 11.7 Å². The van der Waals surface area contributed by atoms with Crippen LogP contribution in [0.1, 0.15) is 18.9 Å². The number of carbonyl (C=O) groups excluding carboxylic acids is 1. The number of nitrogens with one attached hydrogen (secondary N) is 2. The highest BCUT2D eigenvalue weighted by molar-refractivity contribution is 5.96. The predicted octanol–water partition coefficient (Wildman–Crippen LogP) is 3.69. The normalized spacial score (nSPS) is 10.7. The second-order valence-corrected chi connectivity index (χ2v) is 7.49. The quantitative estimate of drug-likeness (QED) is 0.229. The second-order valence-electron chi connectivity index (χ2n) is 7.49. The van der Waals surface area contributed by atoms with Gasteiger partial charge in [-0.1, -0.05) is 31.2 Å². The fourth-order valence-electron chi connectivity index (χ4n) is 3.40. The van der Waals surface area contributed by atoms with Gasteiger partial charge >= 0.3 is 5.69 Å². The molecule has 0 spiro atoms. The number of nitrogens with two attached hydrogens (primary N) is 1. The van der Waals surface area contributed by atoms with Crippen LogP contribution in [0, 0.1) is 10.1 Å². The first kappa shape index (κ1) is 23.7. The van der Waals surface area contributed by atoms with E-state index >= 15 is 0 Å². The van der Waals surface area contributed by atoms with Crippen LogP contribution in [0.4, 0.5) is 23.0 Å². The molecule has 0 radical (unpaired) electrons. The van der Waals surface area contributed by atoms with E-state index in [4.69, 9.17) is 10.5 Å². The Morgan fingerprint density at radius 1 is 1.21 bits per heavy atom. The summed E-state index contributed by atoms with van der Waals surface area (Å²) in [6.07, 6.45) is 5.62. The first-order chi connectivity index (χ1) is 15.9. The molecule has 10 nitrogen and oxygen atoms in total. The SMILES string of the molecule is CCc1ccc(-c2cn(CCCNc3ccc([N+](=O)[O-])c(N)n3)cc2NC(=O)COC)cc1. The highest BCUT2D eigenvalue weighted by atomic mass is 16.6. The van der Waals surface area contributed by atoms with Gasteiger partial charge in [0.25, 0.3) is 0 Å². The molecule has 0 unspecified atom stereocenters. The molecule has 3 rings (SSSR count). The van der Waals surface area contributed by atoms with E-state index in [0.717, 1.165) is 29.7 Å². The van der Waals surface area contributed by atoms with Crippen LogP contribution < -0.4 is 16.4 Å². The van der Waals surface area contributed by atoms with E-state index in [1.54, 1.807) is 0 Å². The van der Waals surface area contributed by atoms with Gasteiger partial charge in [0.1, 0.15) is 12.4 Å². The van der Waals surface area contributed by atoms with Gasteiger partial charge in [-0.15, -0.1) is 0 Å². The van der Waals surface area contributed by atoms with Crippen molar-refractivity contribution in [1.29, 1.82) is 0 Å². The summed E-state index contributed by atoms with van der Waals surface area (Å²) in [5.74, 6) is 0.144. The van der Waals surface area contributed by atoms with Crippen LogP contribution in [0.15, 0.2) is 48.8 Å². The van der Waals surface area contributed by atoms with Gasteiger partial charge in [-0.25, -0.2) is 4.98 Å². The maximum absolute atomic E-state index is 12.1. The summed E-state index contributed by atoms with van der Waals surface area (Å²) in [5.41, 5.74) is 9.33. The zero-order chi connectivity index (χ0) is 23.8. The topological polar surface area (TPSA) is 137 Å².